The fourth-order valence-corrected chi connectivity index (χ4v) is 6.46. The number of halogens is 1. The molecule has 4 heteroatoms. The monoisotopic (exact) mass is 374 g/mol. The number of esters is 1. The maximum Gasteiger partial charge on any atom is 0.302 e. The van der Waals surface area contributed by atoms with Gasteiger partial charge in [0.05, 0.1) is 0 Å². The van der Waals surface area contributed by atoms with E-state index < -0.39 is 0 Å². The lowest BCUT2D eigenvalue weighted by atomic mass is 9.49. The molecule has 140 valence electrons. The van der Waals surface area contributed by atoms with Crippen molar-refractivity contribution in [3.8, 4) is 0 Å². The Morgan fingerprint density at radius 1 is 1.31 bits per heavy atom. The first-order valence-corrected chi connectivity index (χ1v) is 10.1. The number of aldehydes is 1. The quantitative estimate of drug-likeness (QED) is 0.383. The lowest BCUT2D eigenvalue weighted by molar-refractivity contribution is -0.148. The summed E-state index contributed by atoms with van der Waals surface area (Å²) in [5.74, 6) is 0.856. The number of carbonyl (C=O) groups excluding carboxylic acids is 2. The molecule has 0 saturated heterocycles. The summed E-state index contributed by atoms with van der Waals surface area (Å²) < 4.78 is 5.50. The van der Waals surface area contributed by atoms with Gasteiger partial charge in [0.2, 0.25) is 0 Å². The molecule has 4 rings (SSSR count). The lowest BCUT2D eigenvalue weighted by Crippen LogP contribution is -2.47. The van der Waals surface area contributed by atoms with Crippen LogP contribution >= 0.6 is 11.6 Å². The van der Waals surface area contributed by atoms with Crippen LogP contribution in [-0.4, -0.2) is 18.4 Å². The van der Waals surface area contributed by atoms with Crippen LogP contribution in [0.25, 0.3) is 0 Å². The van der Waals surface area contributed by atoms with E-state index in [4.69, 9.17) is 16.3 Å². The maximum atomic E-state index is 11.4. The largest absolute Gasteiger partial charge is 0.462 e. The Hall–Kier alpha value is -1.35. The van der Waals surface area contributed by atoms with Crippen molar-refractivity contribution in [2.45, 2.75) is 65.4 Å². The minimum absolute atomic E-state index is 0.0284. The summed E-state index contributed by atoms with van der Waals surface area (Å²) in [7, 11) is 0. The summed E-state index contributed by atoms with van der Waals surface area (Å²) in [6.07, 6.45) is 11.4. The minimum atomic E-state index is -0.181. The molecule has 3 nitrogen and oxygen atoms in total. The van der Waals surface area contributed by atoms with E-state index in [1.165, 1.54) is 18.1 Å². The van der Waals surface area contributed by atoms with Crippen LogP contribution < -0.4 is 0 Å². The second-order valence-electron chi connectivity index (χ2n) is 8.93. The van der Waals surface area contributed by atoms with Gasteiger partial charge < -0.3 is 4.74 Å². The second-order valence-corrected chi connectivity index (χ2v) is 9.31. The highest BCUT2D eigenvalue weighted by molar-refractivity contribution is 6.33. The summed E-state index contributed by atoms with van der Waals surface area (Å²) >= 11 is 6.60. The van der Waals surface area contributed by atoms with Crippen molar-refractivity contribution in [2.75, 3.05) is 0 Å². The van der Waals surface area contributed by atoms with E-state index >= 15 is 0 Å². The van der Waals surface area contributed by atoms with E-state index in [2.05, 4.69) is 26.0 Å². The molecule has 2 fully saturated rings. The topological polar surface area (TPSA) is 43.4 Å². The Morgan fingerprint density at radius 3 is 2.77 bits per heavy atom. The highest BCUT2D eigenvalue weighted by Crippen LogP contribution is 2.64. The fourth-order valence-electron chi connectivity index (χ4n) is 6.15. The number of hydrogen-bond donors (Lipinski definition) is 0. The van der Waals surface area contributed by atoms with Crippen molar-refractivity contribution in [2.24, 2.45) is 22.7 Å². The summed E-state index contributed by atoms with van der Waals surface area (Å²) in [6.45, 7) is 6.09. The van der Waals surface area contributed by atoms with Gasteiger partial charge in [0, 0.05) is 29.4 Å². The van der Waals surface area contributed by atoms with Crippen LogP contribution in [0.4, 0.5) is 0 Å². The SMILES string of the molecule is CC(=O)O[C@H]1CC[C@@]2(C)C(=CC[C@H]3C4=CC(C=O)=C(Cl)[C@@]4(C)CCC32)C1. The summed E-state index contributed by atoms with van der Waals surface area (Å²) in [4.78, 5) is 22.8. The molecule has 2 saturated carbocycles. The molecule has 0 heterocycles. The molecular weight excluding hydrogens is 348 g/mol. The van der Waals surface area contributed by atoms with E-state index in [9.17, 15) is 9.59 Å². The average molecular weight is 375 g/mol. The third-order valence-corrected chi connectivity index (χ3v) is 8.22. The molecule has 4 aliphatic rings. The van der Waals surface area contributed by atoms with Crippen LogP contribution in [0.3, 0.4) is 0 Å². The zero-order chi connectivity index (χ0) is 18.7. The Bertz CT molecular complexity index is 761. The highest BCUT2D eigenvalue weighted by Gasteiger charge is 2.55. The van der Waals surface area contributed by atoms with Crippen LogP contribution in [-0.2, 0) is 14.3 Å². The van der Waals surface area contributed by atoms with Gasteiger partial charge in [0.1, 0.15) is 6.10 Å². The molecule has 0 amide bonds. The van der Waals surface area contributed by atoms with E-state index in [-0.39, 0.29) is 22.9 Å². The number of hydrogen-bond acceptors (Lipinski definition) is 3. The molecular formula is C22H27ClO3. The second kappa shape index (κ2) is 6.09. The van der Waals surface area contributed by atoms with Gasteiger partial charge in [-0.05, 0) is 49.4 Å². The standard InChI is InChI=1S/C22H27ClO3/c1-13(25)26-16-6-8-21(2)15(11-16)4-5-17-18(21)7-9-22(3)19(17)10-14(12-24)20(22)23/h4,10,12,16-18H,5-9,11H2,1-3H3/t16-,17+,18?,21-,22-/m0/s1. The first-order valence-electron chi connectivity index (χ1n) is 9.74. The van der Waals surface area contributed by atoms with Crippen molar-refractivity contribution in [1.82, 2.24) is 0 Å². The van der Waals surface area contributed by atoms with Gasteiger partial charge in [-0.25, -0.2) is 0 Å². The van der Waals surface area contributed by atoms with Gasteiger partial charge in [-0.15, -0.1) is 0 Å². The van der Waals surface area contributed by atoms with Gasteiger partial charge >= 0.3 is 5.97 Å². The van der Waals surface area contributed by atoms with Gasteiger partial charge in [-0.3, -0.25) is 9.59 Å². The molecule has 0 spiro atoms. The van der Waals surface area contributed by atoms with Crippen LogP contribution in [0.15, 0.2) is 33.9 Å². The van der Waals surface area contributed by atoms with Crippen molar-refractivity contribution in [3.05, 3.63) is 33.9 Å². The first kappa shape index (κ1) is 18.0. The van der Waals surface area contributed by atoms with Crippen molar-refractivity contribution in [3.63, 3.8) is 0 Å². The summed E-state index contributed by atoms with van der Waals surface area (Å²) in [6, 6.07) is 0. The van der Waals surface area contributed by atoms with Gasteiger partial charge in [0.15, 0.2) is 6.29 Å². The van der Waals surface area contributed by atoms with Crippen LogP contribution in [0, 0.1) is 22.7 Å². The number of ether oxygens (including phenoxy) is 1. The van der Waals surface area contributed by atoms with Crippen LogP contribution in [0.1, 0.15) is 59.3 Å². The van der Waals surface area contributed by atoms with Crippen molar-refractivity contribution < 1.29 is 14.3 Å². The molecule has 0 aromatic carbocycles. The number of allylic oxidation sites excluding steroid dienone is 5. The summed E-state index contributed by atoms with van der Waals surface area (Å²) in [5.41, 5.74) is 3.50. The normalized spacial score (nSPS) is 41.5. The van der Waals surface area contributed by atoms with Crippen molar-refractivity contribution in [1.29, 1.82) is 0 Å². The third-order valence-electron chi connectivity index (χ3n) is 7.59. The Kier molecular flexibility index (Phi) is 4.22. The molecule has 5 atom stereocenters. The number of carbonyl (C=O) groups is 2. The molecule has 0 aromatic rings. The molecule has 0 aliphatic heterocycles. The molecule has 0 radical (unpaired) electrons. The fraction of sp³-hybridized carbons (Fsp3) is 0.636. The van der Waals surface area contributed by atoms with Crippen LogP contribution in [0.5, 0.6) is 0 Å². The van der Waals surface area contributed by atoms with Gasteiger partial charge in [0.25, 0.3) is 0 Å². The molecule has 0 bridgehead atoms. The molecule has 0 aromatic heterocycles. The lowest BCUT2D eigenvalue weighted by Gasteiger charge is -2.55. The smallest absolute Gasteiger partial charge is 0.302 e. The average Bonchev–Trinajstić information content (AvgIpc) is 2.86. The Labute approximate surface area is 160 Å². The van der Waals surface area contributed by atoms with E-state index in [1.54, 1.807) is 0 Å². The zero-order valence-electron chi connectivity index (χ0n) is 15.8. The molecule has 1 unspecified atom stereocenters. The number of rotatable bonds is 2. The first-order chi connectivity index (χ1) is 12.3. The number of fused-ring (bicyclic) bond motifs is 5. The van der Waals surface area contributed by atoms with Gasteiger partial charge in [-0.2, -0.15) is 0 Å². The molecule has 0 N–H and O–H groups in total. The minimum Gasteiger partial charge on any atom is -0.462 e. The Balaban J connectivity index is 1.65. The van der Waals surface area contributed by atoms with E-state index in [0.717, 1.165) is 49.8 Å². The zero-order valence-corrected chi connectivity index (χ0v) is 16.6. The van der Waals surface area contributed by atoms with E-state index in [0.29, 0.717) is 17.4 Å². The predicted octanol–water partition coefficient (Wildman–Crippen LogP) is 5.10. The van der Waals surface area contributed by atoms with E-state index in [1.807, 2.05) is 0 Å². The maximum absolute atomic E-state index is 11.4. The third kappa shape index (κ3) is 2.46. The highest BCUT2D eigenvalue weighted by atomic mass is 35.5. The molecule has 4 aliphatic carbocycles. The molecule has 26 heavy (non-hydrogen) atoms. The summed E-state index contributed by atoms with van der Waals surface area (Å²) in [5, 5.41) is 0.736. The predicted molar refractivity (Wildman–Crippen MR) is 102 cm³/mol. The van der Waals surface area contributed by atoms with Crippen LogP contribution in [0.2, 0.25) is 0 Å². The van der Waals surface area contributed by atoms with Crippen molar-refractivity contribution >= 4 is 23.9 Å². The Morgan fingerprint density at radius 2 is 2.08 bits per heavy atom. The van der Waals surface area contributed by atoms with Gasteiger partial charge in [-0.1, -0.05) is 48.7 Å².